The minimum atomic E-state index is -0.890. The van der Waals surface area contributed by atoms with Crippen LogP contribution in [0.1, 0.15) is 41.0 Å². The molecule has 0 heterocycles. The molecule has 0 bridgehead atoms. The third kappa shape index (κ3) is 3.02. The largest absolute Gasteiger partial charge is 0.389 e. The molecule has 2 heteroatoms. The molecule has 0 saturated heterocycles. The maximum absolute atomic E-state index is 10.7. The molecule has 0 spiro atoms. The molecule has 2 nitrogen and oxygen atoms in total. The summed E-state index contributed by atoms with van der Waals surface area (Å²) < 4.78 is 0. The first kappa shape index (κ1) is 10.6. The monoisotopic (exact) mass is 158 g/mol. The summed E-state index contributed by atoms with van der Waals surface area (Å²) in [5, 5.41) is 9.80. The molecule has 0 amide bonds. The second-order valence-corrected chi connectivity index (χ2v) is 4.40. The SMILES string of the molecule is CC(=O)CC(C)(O)C(C)(C)C. The smallest absolute Gasteiger partial charge is 0.132 e. The summed E-state index contributed by atoms with van der Waals surface area (Å²) in [4.78, 5) is 10.7. The predicted molar refractivity (Wildman–Crippen MR) is 45.4 cm³/mol. The number of carbonyl (C=O) groups is 1. The molecule has 66 valence electrons. The van der Waals surface area contributed by atoms with Gasteiger partial charge in [0.15, 0.2) is 0 Å². The van der Waals surface area contributed by atoms with Crippen LogP contribution in [-0.4, -0.2) is 16.5 Å². The van der Waals surface area contributed by atoms with Gasteiger partial charge in [-0.2, -0.15) is 0 Å². The lowest BCUT2D eigenvalue weighted by Crippen LogP contribution is -2.41. The Morgan fingerprint density at radius 3 is 1.73 bits per heavy atom. The van der Waals surface area contributed by atoms with Gasteiger partial charge in [0, 0.05) is 6.42 Å². The molecule has 0 saturated carbocycles. The second kappa shape index (κ2) is 2.94. The molecule has 1 N–H and O–H groups in total. The van der Waals surface area contributed by atoms with Crippen LogP contribution in [0.3, 0.4) is 0 Å². The number of Topliss-reactive ketones (excluding diaryl/α,β-unsaturated/α-hetero) is 1. The third-order valence-electron chi connectivity index (χ3n) is 2.21. The van der Waals surface area contributed by atoms with Crippen LogP contribution >= 0.6 is 0 Å². The van der Waals surface area contributed by atoms with E-state index in [2.05, 4.69) is 0 Å². The predicted octanol–water partition coefficient (Wildman–Crippen LogP) is 1.76. The summed E-state index contributed by atoms with van der Waals surface area (Å²) in [5.41, 5.74) is -1.13. The van der Waals surface area contributed by atoms with Crippen molar-refractivity contribution in [2.24, 2.45) is 5.41 Å². The van der Waals surface area contributed by atoms with Crippen LogP contribution in [0, 0.1) is 5.41 Å². The minimum absolute atomic E-state index is 0.0323. The third-order valence-corrected chi connectivity index (χ3v) is 2.21. The highest BCUT2D eigenvalue weighted by molar-refractivity contribution is 5.76. The normalized spacial score (nSPS) is 17.6. The topological polar surface area (TPSA) is 37.3 Å². The van der Waals surface area contributed by atoms with Crippen LogP contribution in [0.25, 0.3) is 0 Å². The van der Waals surface area contributed by atoms with Crippen molar-refractivity contribution in [3.05, 3.63) is 0 Å². The zero-order chi connectivity index (χ0) is 9.28. The molecule has 0 rings (SSSR count). The van der Waals surface area contributed by atoms with Gasteiger partial charge in [-0.1, -0.05) is 20.8 Å². The van der Waals surface area contributed by atoms with E-state index in [0.29, 0.717) is 0 Å². The van der Waals surface area contributed by atoms with Crippen LogP contribution < -0.4 is 0 Å². The van der Waals surface area contributed by atoms with Crippen molar-refractivity contribution in [1.82, 2.24) is 0 Å². The first-order chi connectivity index (χ1) is 4.67. The maximum atomic E-state index is 10.7. The van der Waals surface area contributed by atoms with E-state index in [9.17, 15) is 9.90 Å². The van der Waals surface area contributed by atoms with Gasteiger partial charge in [-0.25, -0.2) is 0 Å². The maximum Gasteiger partial charge on any atom is 0.132 e. The Labute approximate surface area is 68.6 Å². The number of aliphatic hydroxyl groups is 1. The molecule has 0 radical (unpaired) electrons. The van der Waals surface area contributed by atoms with Crippen LogP contribution in [0.5, 0.6) is 0 Å². The highest BCUT2D eigenvalue weighted by Gasteiger charge is 2.35. The Bertz CT molecular complexity index is 151. The zero-order valence-corrected chi connectivity index (χ0v) is 8.06. The van der Waals surface area contributed by atoms with E-state index >= 15 is 0 Å². The highest BCUT2D eigenvalue weighted by Crippen LogP contribution is 2.32. The Morgan fingerprint density at radius 1 is 1.27 bits per heavy atom. The van der Waals surface area contributed by atoms with Gasteiger partial charge < -0.3 is 5.11 Å². The van der Waals surface area contributed by atoms with Gasteiger partial charge in [0.1, 0.15) is 5.78 Å². The van der Waals surface area contributed by atoms with Gasteiger partial charge >= 0.3 is 0 Å². The van der Waals surface area contributed by atoms with Crippen LogP contribution in [0.15, 0.2) is 0 Å². The lowest BCUT2D eigenvalue weighted by Gasteiger charge is -2.36. The first-order valence-corrected chi connectivity index (χ1v) is 3.88. The summed E-state index contributed by atoms with van der Waals surface area (Å²) in [6.07, 6.45) is 0.233. The molecular weight excluding hydrogens is 140 g/mol. The Kier molecular flexibility index (Phi) is 2.84. The van der Waals surface area contributed by atoms with Gasteiger partial charge in [0.2, 0.25) is 0 Å². The van der Waals surface area contributed by atoms with Gasteiger partial charge in [0.25, 0.3) is 0 Å². The van der Waals surface area contributed by atoms with E-state index in [-0.39, 0.29) is 17.6 Å². The molecule has 0 aliphatic carbocycles. The summed E-state index contributed by atoms with van der Waals surface area (Å²) in [5.74, 6) is 0.0323. The standard InChI is InChI=1S/C9H18O2/c1-7(10)6-9(5,11)8(2,3)4/h11H,6H2,1-5H3. The highest BCUT2D eigenvalue weighted by atomic mass is 16.3. The number of carbonyl (C=O) groups excluding carboxylic acids is 1. The second-order valence-electron chi connectivity index (χ2n) is 4.40. The van der Waals surface area contributed by atoms with Gasteiger partial charge in [-0.15, -0.1) is 0 Å². The van der Waals surface area contributed by atoms with E-state index in [1.54, 1.807) is 6.92 Å². The summed E-state index contributed by atoms with van der Waals surface area (Å²) >= 11 is 0. The molecule has 0 aromatic rings. The zero-order valence-electron chi connectivity index (χ0n) is 8.06. The van der Waals surface area contributed by atoms with Crippen LogP contribution in [-0.2, 0) is 4.79 Å². The van der Waals surface area contributed by atoms with Crippen molar-refractivity contribution in [2.75, 3.05) is 0 Å². The molecule has 0 aromatic heterocycles. The quantitative estimate of drug-likeness (QED) is 0.665. The number of rotatable bonds is 2. The molecule has 0 aliphatic heterocycles. The van der Waals surface area contributed by atoms with Crippen LogP contribution in [0.4, 0.5) is 0 Å². The fourth-order valence-corrected chi connectivity index (χ4v) is 0.750. The summed E-state index contributed by atoms with van der Waals surface area (Å²) in [6, 6.07) is 0. The van der Waals surface area contributed by atoms with Crippen molar-refractivity contribution >= 4 is 5.78 Å². The first-order valence-electron chi connectivity index (χ1n) is 3.88. The van der Waals surface area contributed by atoms with Crippen molar-refractivity contribution in [1.29, 1.82) is 0 Å². The number of ketones is 1. The average molecular weight is 158 g/mol. The van der Waals surface area contributed by atoms with Crippen molar-refractivity contribution in [3.63, 3.8) is 0 Å². The van der Waals surface area contributed by atoms with Crippen molar-refractivity contribution < 1.29 is 9.90 Å². The van der Waals surface area contributed by atoms with E-state index in [1.807, 2.05) is 20.8 Å². The Hall–Kier alpha value is -0.370. The molecule has 0 aliphatic rings. The van der Waals surface area contributed by atoms with Gasteiger partial charge in [-0.3, -0.25) is 4.79 Å². The van der Waals surface area contributed by atoms with E-state index < -0.39 is 5.60 Å². The average Bonchev–Trinajstić information content (AvgIpc) is 1.56. The fourth-order valence-electron chi connectivity index (χ4n) is 0.750. The molecule has 0 aromatic carbocycles. The molecule has 11 heavy (non-hydrogen) atoms. The van der Waals surface area contributed by atoms with Gasteiger partial charge in [0.05, 0.1) is 5.60 Å². The Morgan fingerprint density at radius 2 is 1.64 bits per heavy atom. The van der Waals surface area contributed by atoms with E-state index in [4.69, 9.17) is 0 Å². The molecule has 1 atom stereocenters. The molecule has 0 fully saturated rings. The van der Waals surface area contributed by atoms with Crippen LogP contribution in [0.2, 0.25) is 0 Å². The Balaban J connectivity index is 4.34. The van der Waals surface area contributed by atoms with E-state index in [1.165, 1.54) is 6.92 Å². The van der Waals surface area contributed by atoms with Crippen molar-refractivity contribution in [2.45, 2.75) is 46.6 Å². The van der Waals surface area contributed by atoms with Crippen molar-refractivity contribution in [3.8, 4) is 0 Å². The minimum Gasteiger partial charge on any atom is -0.389 e. The van der Waals surface area contributed by atoms with E-state index in [0.717, 1.165) is 0 Å². The number of hydrogen-bond acceptors (Lipinski definition) is 2. The molecule has 1 unspecified atom stereocenters. The molecular formula is C9H18O2. The fraction of sp³-hybridized carbons (Fsp3) is 0.889. The summed E-state index contributed by atoms with van der Waals surface area (Å²) in [7, 11) is 0. The number of hydrogen-bond donors (Lipinski definition) is 1. The lowest BCUT2D eigenvalue weighted by atomic mass is 9.75. The van der Waals surface area contributed by atoms with Gasteiger partial charge in [-0.05, 0) is 19.3 Å². The lowest BCUT2D eigenvalue weighted by molar-refractivity contribution is -0.126. The summed E-state index contributed by atoms with van der Waals surface area (Å²) in [6.45, 7) is 8.98.